The van der Waals surface area contributed by atoms with Gasteiger partial charge in [-0.3, -0.25) is 9.59 Å². The zero-order valence-corrected chi connectivity index (χ0v) is 13.6. The average Bonchev–Trinajstić information content (AvgIpc) is 2.91. The molecule has 1 aliphatic rings. The Balaban J connectivity index is 2.17. The van der Waals surface area contributed by atoms with E-state index in [0.29, 0.717) is 0 Å². The normalized spacial score (nSPS) is 18.6. The molecule has 0 aromatic carbocycles. The van der Waals surface area contributed by atoms with Crippen molar-refractivity contribution in [1.82, 2.24) is 15.0 Å². The zero-order valence-electron chi connectivity index (χ0n) is 13.6. The highest BCUT2D eigenvalue weighted by Crippen LogP contribution is 2.34. The van der Waals surface area contributed by atoms with E-state index < -0.39 is 41.2 Å². The van der Waals surface area contributed by atoms with Crippen LogP contribution in [0.15, 0.2) is 23.3 Å². The lowest BCUT2D eigenvalue weighted by atomic mass is 9.96. The van der Waals surface area contributed by atoms with Crippen molar-refractivity contribution in [2.75, 3.05) is 7.05 Å². The van der Waals surface area contributed by atoms with Crippen LogP contribution < -0.4 is 0 Å². The number of pyridine rings is 2. The third kappa shape index (κ3) is 3.02. The Morgan fingerprint density at radius 1 is 1.27 bits per heavy atom. The van der Waals surface area contributed by atoms with Crippen molar-refractivity contribution < 1.29 is 27.2 Å². The van der Waals surface area contributed by atoms with Crippen LogP contribution in [0.1, 0.15) is 34.8 Å². The molecular weight excluding hydrogens is 356 g/mol. The van der Waals surface area contributed by atoms with Gasteiger partial charge in [-0.2, -0.15) is 18.3 Å². The lowest BCUT2D eigenvalue weighted by molar-refractivity contribution is -0.141. The molecule has 2 aromatic heterocycles. The van der Waals surface area contributed by atoms with Crippen molar-refractivity contribution in [1.29, 1.82) is 0 Å². The molecule has 2 atom stereocenters. The third-order valence-corrected chi connectivity index (χ3v) is 3.90. The fourth-order valence-corrected chi connectivity index (χ4v) is 2.53. The van der Waals surface area contributed by atoms with E-state index in [-0.39, 0.29) is 16.7 Å². The van der Waals surface area contributed by atoms with Gasteiger partial charge in [0.05, 0.1) is 11.3 Å². The number of carbonyl (C=O) groups excluding carboxylic acids is 2. The molecule has 10 heteroatoms. The summed E-state index contributed by atoms with van der Waals surface area (Å²) in [6.07, 6.45) is -5.45. The van der Waals surface area contributed by atoms with E-state index in [0.717, 1.165) is 17.3 Å². The van der Waals surface area contributed by atoms with Gasteiger partial charge in [0.1, 0.15) is 12.1 Å². The number of hydrogen-bond acceptors (Lipinski definition) is 5. The van der Waals surface area contributed by atoms with Crippen molar-refractivity contribution >= 4 is 28.9 Å². The van der Waals surface area contributed by atoms with Gasteiger partial charge < -0.3 is 0 Å². The molecular formula is C16H12F4N4O2. The molecule has 0 saturated carbocycles. The van der Waals surface area contributed by atoms with E-state index in [1.54, 1.807) is 0 Å². The number of hydrazone groups is 1. The predicted molar refractivity (Wildman–Crippen MR) is 83.1 cm³/mol. The Kier molecular flexibility index (Phi) is 4.21. The SMILES string of the molecule is CC(F)c1ccc2cc(C(=O)C3C=NN(C)C3=O)c(C(F)(F)F)nc2n1. The number of Topliss-reactive ketones (excluding diaryl/α,β-unsaturated/α-hetero) is 1. The molecule has 1 amide bonds. The highest BCUT2D eigenvalue weighted by Gasteiger charge is 2.41. The number of hydrogen-bond donors (Lipinski definition) is 0. The second kappa shape index (κ2) is 6.11. The number of aromatic nitrogens is 2. The van der Waals surface area contributed by atoms with E-state index in [2.05, 4.69) is 15.1 Å². The minimum Gasteiger partial charge on any atom is -0.293 e. The monoisotopic (exact) mass is 368 g/mol. The summed E-state index contributed by atoms with van der Waals surface area (Å²) in [5.74, 6) is -3.24. The first-order valence-electron chi connectivity index (χ1n) is 7.48. The summed E-state index contributed by atoms with van der Waals surface area (Å²) >= 11 is 0. The number of alkyl halides is 4. The summed E-state index contributed by atoms with van der Waals surface area (Å²) in [6.45, 7) is 1.19. The summed E-state index contributed by atoms with van der Waals surface area (Å²) in [4.78, 5) is 31.6. The highest BCUT2D eigenvalue weighted by molar-refractivity contribution is 6.22. The van der Waals surface area contributed by atoms with E-state index in [1.165, 1.54) is 26.1 Å². The molecule has 0 spiro atoms. The van der Waals surface area contributed by atoms with Crippen LogP contribution in [-0.2, 0) is 11.0 Å². The van der Waals surface area contributed by atoms with Crippen molar-refractivity contribution in [2.45, 2.75) is 19.3 Å². The largest absolute Gasteiger partial charge is 0.434 e. The van der Waals surface area contributed by atoms with Crippen molar-refractivity contribution in [3.63, 3.8) is 0 Å². The van der Waals surface area contributed by atoms with Crippen molar-refractivity contribution in [2.24, 2.45) is 11.0 Å². The minimum absolute atomic E-state index is 0.0723. The molecule has 2 aromatic rings. The Bertz CT molecular complexity index is 940. The van der Waals surface area contributed by atoms with Gasteiger partial charge in [-0.1, -0.05) is 0 Å². The molecule has 136 valence electrons. The second-order valence-electron chi connectivity index (χ2n) is 5.75. The molecule has 2 unspecified atom stereocenters. The molecule has 0 saturated heterocycles. The maximum Gasteiger partial charge on any atom is 0.434 e. The number of amides is 1. The summed E-state index contributed by atoms with van der Waals surface area (Å²) < 4.78 is 53.6. The van der Waals surface area contributed by atoms with E-state index in [4.69, 9.17) is 0 Å². The number of halogens is 4. The maximum absolute atomic E-state index is 13.4. The molecule has 3 heterocycles. The molecule has 0 aliphatic carbocycles. The number of rotatable bonds is 3. The fourth-order valence-electron chi connectivity index (χ4n) is 2.53. The molecule has 26 heavy (non-hydrogen) atoms. The topological polar surface area (TPSA) is 75.5 Å². The van der Waals surface area contributed by atoms with Gasteiger partial charge in [0.15, 0.2) is 17.1 Å². The lowest BCUT2D eigenvalue weighted by Gasteiger charge is -2.14. The van der Waals surface area contributed by atoms with Crippen molar-refractivity contribution in [3.05, 3.63) is 35.2 Å². The predicted octanol–water partition coefficient (Wildman–Crippen LogP) is 2.94. The molecule has 6 nitrogen and oxygen atoms in total. The summed E-state index contributed by atoms with van der Waals surface area (Å²) in [7, 11) is 1.29. The first-order chi connectivity index (χ1) is 12.1. The van der Waals surface area contributed by atoms with Crippen LogP contribution in [0.3, 0.4) is 0 Å². The van der Waals surface area contributed by atoms with Crippen LogP contribution in [0.5, 0.6) is 0 Å². The quantitative estimate of drug-likeness (QED) is 0.474. The van der Waals surface area contributed by atoms with E-state index >= 15 is 0 Å². The highest BCUT2D eigenvalue weighted by atomic mass is 19.4. The van der Waals surface area contributed by atoms with E-state index in [1.807, 2.05) is 0 Å². The van der Waals surface area contributed by atoms with Gasteiger partial charge in [0, 0.05) is 18.6 Å². The van der Waals surface area contributed by atoms with Crippen LogP contribution >= 0.6 is 0 Å². The average molecular weight is 368 g/mol. The maximum atomic E-state index is 13.4. The van der Waals surface area contributed by atoms with Crippen LogP contribution in [0.2, 0.25) is 0 Å². The number of ketones is 1. The first kappa shape index (κ1) is 17.9. The van der Waals surface area contributed by atoms with Crippen LogP contribution in [0, 0.1) is 5.92 Å². The standard InChI is InChI=1S/C16H12F4N4O2/c1-7(17)11-4-3-8-5-9(12(25)10-6-21-24(2)15(10)26)13(16(18,19)20)23-14(8)22-11/h3-7,10H,1-2H3. The molecule has 0 bridgehead atoms. The Labute approximate surface area is 144 Å². The van der Waals surface area contributed by atoms with Gasteiger partial charge in [0.25, 0.3) is 5.91 Å². The van der Waals surface area contributed by atoms with Gasteiger partial charge in [-0.05, 0) is 25.1 Å². The zero-order chi connectivity index (χ0) is 19.2. The minimum atomic E-state index is -4.96. The van der Waals surface area contributed by atoms with Crippen LogP contribution in [-0.4, -0.2) is 39.9 Å². The smallest absolute Gasteiger partial charge is 0.293 e. The van der Waals surface area contributed by atoms with Gasteiger partial charge in [0.2, 0.25) is 0 Å². The molecule has 0 fully saturated rings. The molecule has 0 N–H and O–H groups in total. The van der Waals surface area contributed by atoms with Crippen LogP contribution in [0.25, 0.3) is 11.0 Å². The molecule has 1 aliphatic heterocycles. The Morgan fingerprint density at radius 3 is 2.50 bits per heavy atom. The molecule has 0 radical (unpaired) electrons. The van der Waals surface area contributed by atoms with Gasteiger partial charge in [-0.25, -0.2) is 19.4 Å². The third-order valence-electron chi connectivity index (χ3n) is 3.90. The van der Waals surface area contributed by atoms with E-state index in [9.17, 15) is 27.2 Å². The summed E-state index contributed by atoms with van der Waals surface area (Å²) in [5, 5.41) is 4.61. The van der Waals surface area contributed by atoms with Gasteiger partial charge in [-0.15, -0.1) is 0 Å². The first-order valence-corrected chi connectivity index (χ1v) is 7.48. The van der Waals surface area contributed by atoms with Crippen molar-refractivity contribution in [3.8, 4) is 0 Å². The lowest BCUT2D eigenvalue weighted by Crippen LogP contribution is -2.30. The van der Waals surface area contributed by atoms with Gasteiger partial charge >= 0.3 is 6.18 Å². The summed E-state index contributed by atoms with van der Waals surface area (Å²) in [6, 6.07) is 3.59. The molecule has 3 rings (SSSR count). The Morgan fingerprint density at radius 2 is 1.96 bits per heavy atom. The number of carbonyl (C=O) groups is 2. The Hall–Kier alpha value is -2.91. The number of nitrogens with zero attached hydrogens (tertiary/aromatic N) is 4. The second-order valence-corrected chi connectivity index (χ2v) is 5.75. The summed E-state index contributed by atoms with van der Waals surface area (Å²) in [5.41, 5.74) is -2.63. The van der Waals surface area contributed by atoms with Crippen LogP contribution in [0.4, 0.5) is 17.6 Å². The fraction of sp³-hybridized carbons (Fsp3) is 0.312. The number of fused-ring (bicyclic) bond motifs is 1.